The number of nitrogens with zero attached hydrogens (tertiary/aromatic N) is 2. The van der Waals surface area contributed by atoms with Crippen molar-refractivity contribution in [2.24, 2.45) is 17.8 Å². The van der Waals surface area contributed by atoms with Crippen LogP contribution in [-0.4, -0.2) is 30.9 Å². The zero-order valence-electron chi connectivity index (χ0n) is 22.7. The van der Waals surface area contributed by atoms with Gasteiger partial charge in [0.05, 0.1) is 5.69 Å². The number of benzene rings is 2. The molecule has 0 atom stereocenters. The maximum atomic E-state index is 13.6. The highest BCUT2D eigenvalue weighted by molar-refractivity contribution is 6.39. The number of carbonyl (C=O) groups is 3. The van der Waals surface area contributed by atoms with Gasteiger partial charge in [0.2, 0.25) is 0 Å². The van der Waals surface area contributed by atoms with E-state index in [0.29, 0.717) is 5.69 Å². The molecule has 2 heterocycles. The summed E-state index contributed by atoms with van der Waals surface area (Å²) in [6, 6.07) is 13.5. The molecular weight excluding hydrogens is 486 g/mol. The topological polar surface area (TPSA) is 69.7 Å². The predicted octanol–water partition coefficient (Wildman–Crippen LogP) is 6.12. The number of rotatable bonds is 4. The molecule has 8 rings (SSSR count). The third kappa shape index (κ3) is 4.29. The molecule has 4 amide bonds. The smallest absolute Gasteiger partial charge is 0.335 e. The van der Waals surface area contributed by atoms with Crippen molar-refractivity contribution in [1.82, 2.24) is 5.32 Å². The third-order valence-corrected chi connectivity index (χ3v) is 10.2. The van der Waals surface area contributed by atoms with Gasteiger partial charge in [-0.1, -0.05) is 18.2 Å². The van der Waals surface area contributed by atoms with E-state index < -0.39 is 17.8 Å². The number of urea groups is 1. The zero-order valence-corrected chi connectivity index (χ0v) is 22.7. The van der Waals surface area contributed by atoms with Crippen LogP contribution in [0.25, 0.3) is 6.08 Å². The second-order valence-electron chi connectivity index (χ2n) is 12.8. The number of amides is 4. The van der Waals surface area contributed by atoms with E-state index >= 15 is 0 Å². The second-order valence-corrected chi connectivity index (χ2v) is 12.8. The van der Waals surface area contributed by atoms with E-state index in [1.807, 2.05) is 25.1 Å². The molecule has 2 aliphatic heterocycles. The first-order valence-corrected chi connectivity index (χ1v) is 14.8. The fourth-order valence-corrected chi connectivity index (χ4v) is 8.65. The van der Waals surface area contributed by atoms with Crippen molar-refractivity contribution >= 4 is 35.3 Å². The van der Waals surface area contributed by atoms with Gasteiger partial charge in [-0.3, -0.25) is 14.9 Å². The average molecular weight is 524 g/mol. The summed E-state index contributed by atoms with van der Waals surface area (Å²) in [7, 11) is 0. The monoisotopic (exact) mass is 523 g/mol. The normalized spacial score (nSPS) is 31.3. The van der Waals surface area contributed by atoms with E-state index in [-0.39, 0.29) is 11.0 Å². The molecule has 4 aliphatic carbocycles. The summed E-state index contributed by atoms with van der Waals surface area (Å²) in [6.07, 6.45) is 13.3. The van der Waals surface area contributed by atoms with E-state index in [0.717, 1.165) is 46.9 Å². The van der Waals surface area contributed by atoms with Gasteiger partial charge in [0.1, 0.15) is 5.57 Å². The molecule has 6 heteroatoms. The van der Waals surface area contributed by atoms with Gasteiger partial charge in [0, 0.05) is 18.8 Å². The highest BCUT2D eigenvalue weighted by Crippen LogP contribution is 2.60. The van der Waals surface area contributed by atoms with Crippen LogP contribution in [0.5, 0.6) is 0 Å². The molecule has 0 unspecified atom stereocenters. The molecule has 39 heavy (non-hydrogen) atoms. The molecule has 2 aromatic rings. The molecule has 202 valence electrons. The van der Waals surface area contributed by atoms with Crippen LogP contribution >= 0.6 is 0 Å². The van der Waals surface area contributed by atoms with Gasteiger partial charge < -0.3 is 4.90 Å². The van der Waals surface area contributed by atoms with Crippen molar-refractivity contribution in [3.63, 3.8) is 0 Å². The lowest BCUT2D eigenvalue weighted by Gasteiger charge is -2.57. The van der Waals surface area contributed by atoms with Crippen LogP contribution < -0.4 is 15.1 Å². The number of imide groups is 2. The highest BCUT2D eigenvalue weighted by Gasteiger charge is 2.51. The Labute approximate surface area is 230 Å². The molecule has 0 spiro atoms. The number of hydrogen-bond acceptors (Lipinski definition) is 4. The summed E-state index contributed by atoms with van der Waals surface area (Å²) < 4.78 is 0. The minimum atomic E-state index is -0.693. The Balaban J connectivity index is 1.14. The second kappa shape index (κ2) is 9.35. The van der Waals surface area contributed by atoms with Gasteiger partial charge in [-0.25, -0.2) is 9.69 Å². The molecule has 0 radical (unpaired) electrons. The summed E-state index contributed by atoms with van der Waals surface area (Å²) in [4.78, 5) is 42.7. The number of carbonyl (C=O) groups excluding carboxylic acids is 3. The number of piperidine rings is 1. The standard InChI is InChI=1S/C33H37N3O3/c1-21-13-28(35-11-3-2-4-12-35)8-5-25(21)17-29-30(37)34-32(39)36(31(29)38)27-9-6-26(7-10-27)33-18-22-14-23(19-33)16-24(15-22)20-33/h5-10,13,17,22-24H,2-4,11-12,14-16,18-20H2,1H3,(H,34,37,39)/b29-17+. The highest BCUT2D eigenvalue weighted by atomic mass is 16.2. The fraction of sp³-hybridized carbons (Fsp3) is 0.485. The Morgan fingerprint density at radius 3 is 2.05 bits per heavy atom. The molecule has 0 aromatic heterocycles. The van der Waals surface area contributed by atoms with Gasteiger partial charge in [0.25, 0.3) is 11.8 Å². The van der Waals surface area contributed by atoms with Crippen molar-refractivity contribution in [3.8, 4) is 0 Å². The Kier molecular flexibility index (Phi) is 5.91. The van der Waals surface area contributed by atoms with Crippen LogP contribution in [-0.2, 0) is 15.0 Å². The van der Waals surface area contributed by atoms with Crippen molar-refractivity contribution in [2.45, 2.75) is 70.1 Å². The van der Waals surface area contributed by atoms with E-state index in [1.54, 1.807) is 6.08 Å². The average Bonchev–Trinajstić information content (AvgIpc) is 2.92. The van der Waals surface area contributed by atoms with E-state index in [2.05, 4.69) is 34.5 Å². The number of aryl methyl sites for hydroxylation is 1. The molecule has 4 bridgehead atoms. The van der Waals surface area contributed by atoms with Crippen LogP contribution in [0.2, 0.25) is 0 Å². The minimum Gasteiger partial charge on any atom is -0.372 e. The fourth-order valence-electron chi connectivity index (χ4n) is 8.65. The third-order valence-electron chi connectivity index (χ3n) is 10.2. The SMILES string of the molecule is Cc1cc(N2CCCCC2)ccc1/C=C1\C(=O)NC(=O)N(c2ccc(C34CC5CC(CC(C5)C3)C4)cc2)C1=O. The quantitative estimate of drug-likeness (QED) is 0.387. The minimum absolute atomic E-state index is 0.0198. The molecule has 6 nitrogen and oxygen atoms in total. The number of barbiturate groups is 1. The molecule has 2 aromatic carbocycles. The van der Waals surface area contributed by atoms with Gasteiger partial charge in [0.15, 0.2) is 0 Å². The first kappa shape index (κ1) is 24.6. The summed E-state index contributed by atoms with van der Waals surface area (Å²) in [6.45, 7) is 4.11. The Hall–Kier alpha value is -3.41. The number of hydrogen-bond donors (Lipinski definition) is 1. The Bertz CT molecular complexity index is 1330. The van der Waals surface area contributed by atoms with Crippen molar-refractivity contribution in [3.05, 3.63) is 64.7 Å². The lowest BCUT2D eigenvalue weighted by Crippen LogP contribution is -2.54. The van der Waals surface area contributed by atoms with Gasteiger partial charge in [-0.15, -0.1) is 0 Å². The Morgan fingerprint density at radius 2 is 1.44 bits per heavy atom. The number of anilines is 2. The maximum absolute atomic E-state index is 13.6. The summed E-state index contributed by atoms with van der Waals surface area (Å²) in [5.41, 5.74) is 5.04. The van der Waals surface area contributed by atoms with Crippen LogP contribution in [0.4, 0.5) is 16.2 Å². The molecule has 1 N–H and O–H groups in total. The zero-order chi connectivity index (χ0) is 26.7. The van der Waals surface area contributed by atoms with Gasteiger partial charge >= 0.3 is 6.03 Å². The summed E-state index contributed by atoms with van der Waals surface area (Å²) in [5, 5.41) is 2.39. The summed E-state index contributed by atoms with van der Waals surface area (Å²) in [5.74, 6) is 1.32. The van der Waals surface area contributed by atoms with Crippen molar-refractivity contribution in [1.29, 1.82) is 0 Å². The lowest BCUT2D eigenvalue weighted by molar-refractivity contribution is -0.122. The Morgan fingerprint density at radius 1 is 0.821 bits per heavy atom. The van der Waals surface area contributed by atoms with E-state index in [1.165, 1.54) is 69.0 Å². The van der Waals surface area contributed by atoms with Crippen molar-refractivity contribution < 1.29 is 14.4 Å². The largest absolute Gasteiger partial charge is 0.372 e. The number of nitrogens with one attached hydrogen (secondary N) is 1. The first-order valence-electron chi connectivity index (χ1n) is 14.8. The van der Waals surface area contributed by atoms with Gasteiger partial charge in [-0.2, -0.15) is 0 Å². The van der Waals surface area contributed by atoms with Crippen molar-refractivity contribution in [2.75, 3.05) is 22.9 Å². The first-order chi connectivity index (χ1) is 18.9. The molecule has 6 fully saturated rings. The van der Waals surface area contributed by atoms with E-state index in [4.69, 9.17) is 0 Å². The van der Waals surface area contributed by atoms with Crippen LogP contribution in [0, 0.1) is 24.7 Å². The molecule has 6 aliphatic rings. The van der Waals surface area contributed by atoms with Gasteiger partial charge in [-0.05, 0) is 135 Å². The molecule has 4 saturated carbocycles. The van der Waals surface area contributed by atoms with Crippen LogP contribution in [0.15, 0.2) is 48.0 Å². The van der Waals surface area contributed by atoms with Crippen LogP contribution in [0.3, 0.4) is 0 Å². The lowest BCUT2D eigenvalue weighted by atomic mass is 9.48. The van der Waals surface area contributed by atoms with Crippen LogP contribution in [0.1, 0.15) is 74.5 Å². The summed E-state index contributed by atoms with van der Waals surface area (Å²) >= 11 is 0. The molecule has 2 saturated heterocycles. The predicted molar refractivity (Wildman–Crippen MR) is 153 cm³/mol. The van der Waals surface area contributed by atoms with E-state index in [9.17, 15) is 14.4 Å². The maximum Gasteiger partial charge on any atom is 0.335 e. The molecular formula is C33H37N3O3.